The number of benzene rings is 1. The number of hydrogen-bond donors (Lipinski definition) is 0. The summed E-state index contributed by atoms with van der Waals surface area (Å²) in [6.07, 6.45) is 0. The van der Waals surface area contributed by atoms with Crippen molar-refractivity contribution >= 4 is 5.97 Å². The van der Waals surface area contributed by atoms with E-state index in [0.717, 1.165) is 12.1 Å². The highest BCUT2D eigenvalue weighted by Gasteiger charge is 2.19. The molecule has 7 heteroatoms. The van der Waals surface area contributed by atoms with Crippen LogP contribution in [0.4, 0.5) is 13.2 Å². The van der Waals surface area contributed by atoms with Crippen molar-refractivity contribution in [3.63, 3.8) is 0 Å². The first-order valence-corrected chi connectivity index (χ1v) is 4.85. The van der Waals surface area contributed by atoms with Crippen molar-refractivity contribution in [2.45, 2.75) is 13.5 Å². The van der Waals surface area contributed by atoms with E-state index >= 15 is 0 Å². The summed E-state index contributed by atoms with van der Waals surface area (Å²) >= 11 is 0. The molecule has 1 rings (SSSR count). The molecule has 0 aliphatic rings. The highest BCUT2D eigenvalue weighted by Crippen LogP contribution is 2.25. The van der Waals surface area contributed by atoms with Crippen molar-refractivity contribution in [3.8, 4) is 11.8 Å². The lowest BCUT2D eigenvalue weighted by Crippen LogP contribution is -2.09. The van der Waals surface area contributed by atoms with Crippen LogP contribution in [-0.2, 0) is 4.74 Å². The van der Waals surface area contributed by atoms with Gasteiger partial charge in [0.1, 0.15) is 6.07 Å². The number of halogens is 3. The quantitative estimate of drug-likeness (QED) is 0.779. The molecule has 0 radical (unpaired) electrons. The Balaban J connectivity index is 3.22. The van der Waals surface area contributed by atoms with Crippen LogP contribution in [0.3, 0.4) is 0 Å². The molecule has 1 aromatic rings. The van der Waals surface area contributed by atoms with Crippen LogP contribution in [-0.4, -0.2) is 19.2 Å². The Hall–Kier alpha value is -2.23. The molecule has 0 unspecified atom stereocenters. The predicted octanol–water partition coefficient (Wildman–Crippen LogP) is 2.48. The highest BCUT2D eigenvalue weighted by molar-refractivity contribution is 5.90. The Morgan fingerprint density at radius 2 is 2.17 bits per heavy atom. The number of alkyl halides is 2. The van der Waals surface area contributed by atoms with Crippen LogP contribution in [0.15, 0.2) is 12.1 Å². The molecule has 0 aromatic heterocycles. The molecule has 0 aliphatic carbocycles. The third-order valence-electron chi connectivity index (χ3n) is 1.89. The number of nitrogens with zero attached hydrogens (tertiary/aromatic N) is 1. The molecule has 0 atom stereocenters. The summed E-state index contributed by atoms with van der Waals surface area (Å²) < 4.78 is 46.0. The van der Waals surface area contributed by atoms with E-state index in [1.165, 1.54) is 6.07 Å². The van der Waals surface area contributed by atoms with Gasteiger partial charge in [0.2, 0.25) is 0 Å². The minimum Gasteiger partial charge on any atom is -0.462 e. The zero-order valence-corrected chi connectivity index (χ0v) is 9.25. The molecule has 0 saturated carbocycles. The number of nitriles is 1. The SMILES string of the molecule is CCOC(=O)c1cc(C#N)c(F)c(OC(F)F)c1. The lowest BCUT2D eigenvalue weighted by molar-refractivity contribution is -0.0523. The van der Waals surface area contributed by atoms with Gasteiger partial charge in [-0.2, -0.15) is 14.0 Å². The first-order chi connectivity index (χ1) is 8.49. The minimum atomic E-state index is -3.26. The zero-order chi connectivity index (χ0) is 13.7. The Labute approximate surface area is 101 Å². The summed E-state index contributed by atoms with van der Waals surface area (Å²) in [6, 6.07) is 3.11. The fraction of sp³-hybridized carbons (Fsp3) is 0.273. The van der Waals surface area contributed by atoms with Crippen molar-refractivity contribution in [2.24, 2.45) is 0 Å². The largest absolute Gasteiger partial charge is 0.462 e. The molecule has 0 N–H and O–H groups in total. The number of hydrogen-bond acceptors (Lipinski definition) is 4. The lowest BCUT2D eigenvalue weighted by atomic mass is 10.1. The smallest absolute Gasteiger partial charge is 0.387 e. The van der Waals surface area contributed by atoms with Crippen LogP contribution in [0.5, 0.6) is 5.75 Å². The molecular formula is C11H8F3NO3. The summed E-state index contributed by atoms with van der Waals surface area (Å²) in [4.78, 5) is 11.4. The maximum Gasteiger partial charge on any atom is 0.387 e. The summed E-state index contributed by atoms with van der Waals surface area (Å²) in [6.45, 7) is -1.66. The second kappa shape index (κ2) is 5.91. The van der Waals surface area contributed by atoms with Crippen molar-refractivity contribution in [3.05, 3.63) is 29.1 Å². The van der Waals surface area contributed by atoms with E-state index in [-0.39, 0.29) is 12.2 Å². The van der Waals surface area contributed by atoms with Gasteiger partial charge in [-0.1, -0.05) is 0 Å². The number of carbonyl (C=O) groups is 1. The third-order valence-corrected chi connectivity index (χ3v) is 1.89. The highest BCUT2D eigenvalue weighted by atomic mass is 19.3. The molecule has 1 aromatic carbocycles. The van der Waals surface area contributed by atoms with Crippen LogP contribution in [0.25, 0.3) is 0 Å². The van der Waals surface area contributed by atoms with Gasteiger partial charge in [0.15, 0.2) is 11.6 Å². The number of rotatable bonds is 4. The summed E-state index contributed by atoms with van der Waals surface area (Å²) in [5, 5.41) is 8.63. The molecular weight excluding hydrogens is 251 g/mol. The second-order valence-corrected chi connectivity index (χ2v) is 3.05. The Bertz CT molecular complexity index is 497. The van der Waals surface area contributed by atoms with Gasteiger partial charge in [0.05, 0.1) is 17.7 Å². The summed E-state index contributed by atoms with van der Waals surface area (Å²) in [5.41, 5.74) is -0.804. The second-order valence-electron chi connectivity index (χ2n) is 3.05. The van der Waals surface area contributed by atoms with Crippen LogP contribution in [0.2, 0.25) is 0 Å². The van der Waals surface area contributed by atoms with Gasteiger partial charge in [0, 0.05) is 0 Å². The lowest BCUT2D eigenvalue weighted by Gasteiger charge is -2.09. The van der Waals surface area contributed by atoms with Crippen LogP contribution < -0.4 is 4.74 Å². The van der Waals surface area contributed by atoms with Gasteiger partial charge < -0.3 is 9.47 Å². The van der Waals surface area contributed by atoms with E-state index in [4.69, 9.17) is 5.26 Å². The molecule has 96 valence electrons. The third kappa shape index (κ3) is 3.13. The standard InChI is InChI=1S/C11H8F3NO3/c1-2-17-10(16)6-3-7(5-15)9(12)8(4-6)18-11(13)14/h3-4,11H,2H2,1H3. The van der Waals surface area contributed by atoms with Crippen LogP contribution >= 0.6 is 0 Å². The van der Waals surface area contributed by atoms with E-state index in [1.807, 2.05) is 0 Å². The van der Waals surface area contributed by atoms with Crippen molar-refractivity contribution in [1.29, 1.82) is 5.26 Å². The summed E-state index contributed by atoms with van der Waals surface area (Å²) in [7, 11) is 0. The average Bonchev–Trinajstić information content (AvgIpc) is 2.31. The van der Waals surface area contributed by atoms with Gasteiger partial charge in [0.25, 0.3) is 0 Å². The number of esters is 1. The molecule has 0 fully saturated rings. The maximum atomic E-state index is 13.4. The van der Waals surface area contributed by atoms with Gasteiger partial charge in [-0.15, -0.1) is 0 Å². The Morgan fingerprint density at radius 1 is 1.50 bits per heavy atom. The van der Waals surface area contributed by atoms with Gasteiger partial charge in [-0.25, -0.2) is 9.18 Å². The Kier molecular flexibility index (Phi) is 4.54. The molecule has 4 nitrogen and oxygen atoms in total. The normalized spacial score (nSPS) is 10.0. The van der Waals surface area contributed by atoms with Gasteiger partial charge in [-0.3, -0.25) is 0 Å². The minimum absolute atomic E-state index is 0.0587. The van der Waals surface area contributed by atoms with Crippen LogP contribution in [0, 0.1) is 17.1 Å². The predicted molar refractivity (Wildman–Crippen MR) is 53.7 cm³/mol. The van der Waals surface area contributed by atoms with E-state index in [1.54, 1.807) is 6.92 Å². The summed E-state index contributed by atoms with van der Waals surface area (Å²) in [5.74, 6) is -2.97. The fourth-order valence-electron chi connectivity index (χ4n) is 1.19. The maximum absolute atomic E-state index is 13.4. The first-order valence-electron chi connectivity index (χ1n) is 4.85. The zero-order valence-electron chi connectivity index (χ0n) is 9.25. The Morgan fingerprint density at radius 3 is 2.67 bits per heavy atom. The van der Waals surface area contributed by atoms with Gasteiger partial charge >= 0.3 is 12.6 Å². The fourth-order valence-corrected chi connectivity index (χ4v) is 1.19. The monoisotopic (exact) mass is 259 g/mol. The number of carbonyl (C=O) groups excluding carboxylic acids is 1. The molecule has 0 bridgehead atoms. The molecule has 0 saturated heterocycles. The van der Waals surface area contributed by atoms with Crippen molar-refractivity contribution in [2.75, 3.05) is 6.61 Å². The molecule has 0 amide bonds. The van der Waals surface area contributed by atoms with E-state index in [9.17, 15) is 18.0 Å². The first kappa shape index (κ1) is 13.8. The molecule has 0 spiro atoms. The van der Waals surface area contributed by atoms with Crippen molar-refractivity contribution in [1.82, 2.24) is 0 Å². The molecule has 18 heavy (non-hydrogen) atoms. The van der Waals surface area contributed by atoms with Crippen molar-refractivity contribution < 1.29 is 27.4 Å². The topological polar surface area (TPSA) is 59.3 Å². The van der Waals surface area contributed by atoms with Gasteiger partial charge in [-0.05, 0) is 19.1 Å². The van der Waals surface area contributed by atoms with E-state index in [0.29, 0.717) is 0 Å². The molecule has 0 heterocycles. The number of ether oxygens (including phenoxy) is 2. The van der Waals surface area contributed by atoms with Crippen LogP contribution in [0.1, 0.15) is 22.8 Å². The molecule has 0 aliphatic heterocycles. The van der Waals surface area contributed by atoms with E-state index in [2.05, 4.69) is 9.47 Å². The van der Waals surface area contributed by atoms with E-state index < -0.39 is 29.7 Å². The average molecular weight is 259 g/mol.